The molecule has 3 aromatic carbocycles. The first kappa shape index (κ1) is 26.7. The zero-order valence-electron chi connectivity index (χ0n) is 22.1. The predicted octanol–water partition coefficient (Wildman–Crippen LogP) is 6.67. The van der Waals surface area contributed by atoms with Crippen LogP contribution in [0.2, 0.25) is 0 Å². The number of carbonyl (C=O) groups is 1. The molecule has 0 aliphatic rings. The molecular weight excluding hydrogens is 480 g/mol. The summed E-state index contributed by atoms with van der Waals surface area (Å²) in [5.41, 5.74) is 6.26. The number of ether oxygens (including phenoxy) is 1. The molecule has 1 atom stereocenters. The van der Waals surface area contributed by atoms with Gasteiger partial charge in [-0.25, -0.2) is 9.78 Å². The molecule has 0 amide bonds. The van der Waals surface area contributed by atoms with Crippen molar-refractivity contribution in [3.05, 3.63) is 107 Å². The number of benzene rings is 3. The largest absolute Gasteiger partial charge is 0.479 e. The molecule has 0 saturated heterocycles. The molecule has 4 rings (SSSR count). The van der Waals surface area contributed by atoms with Crippen molar-refractivity contribution in [2.24, 2.45) is 5.16 Å². The molecule has 1 unspecified atom stereocenters. The molecule has 1 aromatic heterocycles. The number of hydrogen-bond acceptors (Lipinski definition) is 6. The molecule has 196 valence electrons. The van der Waals surface area contributed by atoms with Crippen LogP contribution in [0.4, 0.5) is 0 Å². The van der Waals surface area contributed by atoms with E-state index in [2.05, 4.69) is 10.1 Å². The average molecular weight is 513 g/mol. The topological polar surface area (TPSA) is 94.2 Å². The van der Waals surface area contributed by atoms with Gasteiger partial charge in [0.1, 0.15) is 17.2 Å². The molecule has 7 heteroatoms. The highest BCUT2D eigenvalue weighted by molar-refractivity contribution is 6.01. The fourth-order valence-electron chi connectivity index (χ4n) is 3.95. The Morgan fingerprint density at radius 1 is 1.03 bits per heavy atom. The van der Waals surface area contributed by atoms with Crippen LogP contribution in [0.25, 0.3) is 11.5 Å². The minimum Gasteiger partial charge on any atom is -0.479 e. The number of aliphatic carboxylic acids is 1. The van der Waals surface area contributed by atoms with Crippen LogP contribution in [0.3, 0.4) is 0 Å². The Hall–Kier alpha value is -4.39. The number of aryl methyl sites for hydroxylation is 3. The van der Waals surface area contributed by atoms with Gasteiger partial charge in [0.05, 0.1) is 5.71 Å². The van der Waals surface area contributed by atoms with Crippen molar-refractivity contribution >= 4 is 11.7 Å². The number of nitrogens with zero attached hydrogens (tertiary/aromatic N) is 2. The number of hydrogen-bond donors (Lipinski definition) is 1. The van der Waals surface area contributed by atoms with Gasteiger partial charge in [-0.3, -0.25) is 0 Å². The van der Waals surface area contributed by atoms with Crippen molar-refractivity contribution in [3.8, 4) is 17.2 Å². The molecule has 0 aliphatic carbocycles. The van der Waals surface area contributed by atoms with Crippen molar-refractivity contribution in [2.45, 2.75) is 53.2 Å². The van der Waals surface area contributed by atoms with Gasteiger partial charge in [0.15, 0.2) is 12.7 Å². The highest BCUT2D eigenvalue weighted by atomic mass is 16.6. The highest BCUT2D eigenvalue weighted by Gasteiger charge is 2.19. The molecular formula is C31H32N2O5. The zero-order valence-corrected chi connectivity index (χ0v) is 22.1. The van der Waals surface area contributed by atoms with E-state index < -0.39 is 12.1 Å². The lowest BCUT2D eigenvalue weighted by Gasteiger charge is -2.16. The molecule has 0 spiro atoms. The lowest BCUT2D eigenvalue weighted by molar-refractivity contribution is -0.145. The molecule has 0 saturated carbocycles. The van der Waals surface area contributed by atoms with E-state index in [9.17, 15) is 9.90 Å². The second-order valence-electron chi connectivity index (χ2n) is 9.19. The SMILES string of the molecule is CCC(Oc1ccc(/C(Cc2ccccc2)=N\OCc2nc(-c3ccc(C)cc3)oc2C)cc1C)C(=O)O. The van der Waals surface area contributed by atoms with E-state index in [0.29, 0.717) is 35.9 Å². The third-order valence-corrected chi connectivity index (χ3v) is 6.21. The van der Waals surface area contributed by atoms with Crippen LogP contribution in [0, 0.1) is 20.8 Å². The molecule has 0 radical (unpaired) electrons. The Kier molecular flexibility index (Phi) is 8.58. The molecule has 0 aliphatic heterocycles. The van der Waals surface area contributed by atoms with Crippen LogP contribution >= 0.6 is 0 Å². The van der Waals surface area contributed by atoms with Crippen LogP contribution in [-0.2, 0) is 22.7 Å². The van der Waals surface area contributed by atoms with E-state index in [1.165, 1.54) is 5.56 Å². The summed E-state index contributed by atoms with van der Waals surface area (Å²) in [6, 6.07) is 23.6. The second kappa shape index (κ2) is 12.2. The van der Waals surface area contributed by atoms with Crippen molar-refractivity contribution in [3.63, 3.8) is 0 Å². The van der Waals surface area contributed by atoms with Crippen molar-refractivity contribution in [1.29, 1.82) is 0 Å². The van der Waals surface area contributed by atoms with Gasteiger partial charge < -0.3 is 19.1 Å². The number of oxazole rings is 1. The third-order valence-electron chi connectivity index (χ3n) is 6.21. The molecule has 1 N–H and O–H groups in total. The van der Waals surface area contributed by atoms with Crippen LogP contribution in [0.15, 0.2) is 82.4 Å². The van der Waals surface area contributed by atoms with Crippen molar-refractivity contribution in [2.75, 3.05) is 0 Å². The average Bonchev–Trinajstić information content (AvgIpc) is 3.28. The highest BCUT2D eigenvalue weighted by Crippen LogP contribution is 2.24. The van der Waals surface area contributed by atoms with Gasteiger partial charge in [-0.1, -0.05) is 60.1 Å². The van der Waals surface area contributed by atoms with Gasteiger partial charge >= 0.3 is 5.97 Å². The van der Waals surface area contributed by atoms with Crippen molar-refractivity contribution < 1.29 is 23.9 Å². The minimum absolute atomic E-state index is 0.163. The van der Waals surface area contributed by atoms with Gasteiger partial charge in [-0.15, -0.1) is 0 Å². The van der Waals surface area contributed by atoms with Gasteiger partial charge in [0, 0.05) is 17.5 Å². The van der Waals surface area contributed by atoms with E-state index in [4.69, 9.17) is 14.0 Å². The van der Waals surface area contributed by atoms with Crippen LogP contribution in [-0.4, -0.2) is 27.9 Å². The first-order chi connectivity index (χ1) is 18.3. The van der Waals surface area contributed by atoms with Gasteiger partial charge in [-0.05, 0) is 68.7 Å². The van der Waals surface area contributed by atoms with Gasteiger partial charge in [-0.2, -0.15) is 0 Å². The van der Waals surface area contributed by atoms with E-state index in [1.807, 2.05) is 87.5 Å². The number of oxime groups is 1. The zero-order chi connectivity index (χ0) is 27.1. The van der Waals surface area contributed by atoms with Gasteiger partial charge in [0.2, 0.25) is 5.89 Å². The normalized spacial score (nSPS) is 12.3. The lowest BCUT2D eigenvalue weighted by Crippen LogP contribution is -2.26. The second-order valence-corrected chi connectivity index (χ2v) is 9.19. The Morgan fingerprint density at radius 2 is 1.76 bits per heavy atom. The lowest BCUT2D eigenvalue weighted by atomic mass is 10.0. The Morgan fingerprint density at radius 3 is 2.42 bits per heavy atom. The van der Waals surface area contributed by atoms with Crippen LogP contribution in [0.5, 0.6) is 5.75 Å². The van der Waals surface area contributed by atoms with Crippen molar-refractivity contribution in [1.82, 2.24) is 4.98 Å². The molecule has 4 aromatic rings. The third kappa shape index (κ3) is 6.68. The minimum atomic E-state index is -0.982. The van der Waals surface area contributed by atoms with E-state index in [0.717, 1.165) is 28.0 Å². The predicted molar refractivity (Wildman–Crippen MR) is 146 cm³/mol. The molecule has 38 heavy (non-hydrogen) atoms. The summed E-state index contributed by atoms with van der Waals surface area (Å²) in [6.07, 6.45) is 0.0356. The maximum Gasteiger partial charge on any atom is 0.344 e. The molecule has 0 fully saturated rings. The summed E-state index contributed by atoms with van der Waals surface area (Å²) < 4.78 is 11.6. The fraction of sp³-hybridized carbons (Fsp3) is 0.258. The Balaban J connectivity index is 1.55. The van der Waals surface area contributed by atoms with E-state index in [-0.39, 0.29) is 6.61 Å². The quantitative estimate of drug-likeness (QED) is 0.178. The number of carboxylic acids is 1. The monoisotopic (exact) mass is 512 g/mol. The first-order valence-corrected chi connectivity index (χ1v) is 12.6. The van der Waals surface area contributed by atoms with Crippen LogP contribution < -0.4 is 4.74 Å². The van der Waals surface area contributed by atoms with Gasteiger partial charge in [0.25, 0.3) is 0 Å². The smallest absolute Gasteiger partial charge is 0.344 e. The number of rotatable bonds is 11. The molecule has 7 nitrogen and oxygen atoms in total. The Labute approximate surface area is 222 Å². The summed E-state index contributed by atoms with van der Waals surface area (Å²) >= 11 is 0. The van der Waals surface area contributed by atoms with E-state index in [1.54, 1.807) is 13.0 Å². The summed E-state index contributed by atoms with van der Waals surface area (Å²) in [7, 11) is 0. The van der Waals surface area contributed by atoms with E-state index >= 15 is 0 Å². The maximum absolute atomic E-state index is 11.4. The van der Waals surface area contributed by atoms with Crippen LogP contribution in [0.1, 0.15) is 47.1 Å². The summed E-state index contributed by atoms with van der Waals surface area (Å²) in [5, 5.41) is 13.8. The summed E-state index contributed by atoms with van der Waals surface area (Å²) in [4.78, 5) is 21.8. The summed E-state index contributed by atoms with van der Waals surface area (Å²) in [6.45, 7) is 7.73. The maximum atomic E-state index is 11.4. The molecule has 0 bridgehead atoms. The fourth-order valence-corrected chi connectivity index (χ4v) is 3.95. The Bertz CT molecular complexity index is 1410. The number of carboxylic acid groups (broad SMARTS) is 1. The number of aromatic nitrogens is 1. The summed E-state index contributed by atoms with van der Waals surface area (Å²) in [5.74, 6) is 0.781. The first-order valence-electron chi connectivity index (χ1n) is 12.6. The molecule has 1 heterocycles. The standard InChI is InChI=1S/C31H32N2O5/c1-5-28(31(34)35)38-29-16-15-25(17-21(29)3)26(18-23-9-7-6-8-10-23)33-36-19-27-22(4)37-30(32-27)24-13-11-20(2)12-14-24/h6-17,28H,5,18-19H2,1-4H3,(H,34,35)/b33-26-.